The number of anilines is 1. The van der Waals surface area contributed by atoms with E-state index in [2.05, 4.69) is 9.88 Å². The molecule has 4 rings (SSSR count). The van der Waals surface area contributed by atoms with Gasteiger partial charge in [0.2, 0.25) is 0 Å². The number of benzene rings is 1. The van der Waals surface area contributed by atoms with Gasteiger partial charge in [-0.1, -0.05) is 30.3 Å². The minimum atomic E-state index is -0.425. The molecule has 2 aromatic heterocycles. The number of nitrogens with zero attached hydrogens (tertiary/aromatic N) is 4. The van der Waals surface area contributed by atoms with Crippen LogP contribution in [0.3, 0.4) is 0 Å². The van der Waals surface area contributed by atoms with Crippen molar-refractivity contribution >= 4 is 11.8 Å². The van der Waals surface area contributed by atoms with Crippen LogP contribution in [-0.4, -0.2) is 53.8 Å². The van der Waals surface area contributed by atoms with Crippen molar-refractivity contribution in [3.8, 4) is 22.6 Å². The lowest BCUT2D eigenvalue weighted by molar-refractivity contribution is 0.0526. The third kappa shape index (κ3) is 4.09. The molecule has 0 aliphatic carbocycles. The van der Waals surface area contributed by atoms with Gasteiger partial charge in [-0.2, -0.15) is 0 Å². The van der Waals surface area contributed by atoms with Crippen molar-refractivity contribution in [1.29, 1.82) is 0 Å². The van der Waals surface area contributed by atoms with Crippen molar-refractivity contribution in [2.75, 3.05) is 37.8 Å². The van der Waals surface area contributed by atoms with Crippen LogP contribution in [0.5, 0.6) is 0 Å². The number of aromatic nitrogens is 3. The van der Waals surface area contributed by atoms with Crippen LogP contribution in [0, 0.1) is 0 Å². The van der Waals surface area contributed by atoms with Crippen molar-refractivity contribution < 1.29 is 14.3 Å². The summed E-state index contributed by atoms with van der Waals surface area (Å²) in [5.74, 6) is 0.663. The average molecular weight is 390 g/mol. The zero-order chi connectivity index (χ0) is 20.1. The first-order valence-corrected chi connectivity index (χ1v) is 9.65. The van der Waals surface area contributed by atoms with Gasteiger partial charge in [0.15, 0.2) is 5.82 Å². The van der Waals surface area contributed by atoms with Gasteiger partial charge in [-0.3, -0.25) is 4.98 Å². The molecule has 0 saturated carbocycles. The van der Waals surface area contributed by atoms with Crippen LogP contribution >= 0.6 is 0 Å². The van der Waals surface area contributed by atoms with Crippen LogP contribution in [0.4, 0.5) is 5.82 Å². The topological polar surface area (TPSA) is 77.4 Å². The maximum absolute atomic E-state index is 13.0. The minimum Gasteiger partial charge on any atom is -0.462 e. The Kier molecular flexibility index (Phi) is 5.76. The van der Waals surface area contributed by atoms with Gasteiger partial charge in [0, 0.05) is 36.6 Å². The standard InChI is InChI=1S/C22H22N4O3/c1-2-29-22(27)18-19(16-7-4-3-5-8-16)24-20(17-9-6-10-23-15-17)25-21(18)26-11-13-28-14-12-26/h3-10,15H,2,11-14H2,1H3. The van der Waals surface area contributed by atoms with E-state index in [0.717, 1.165) is 11.1 Å². The highest BCUT2D eigenvalue weighted by molar-refractivity contribution is 6.01. The number of hydrogen-bond acceptors (Lipinski definition) is 7. The summed E-state index contributed by atoms with van der Waals surface area (Å²) in [6.45, 7) is 4.51. The molecule has 1 aromatic carbocycles. The van der Waals surface area contributed by atoms with Crippen LogP contribution in [0.25, 0.3) is 22.6 Å². The highest BCUT2D eigenvalue weighted by Crippen LogP contribution is 2.32. The largest absolute Gasteiger partial charge is 0.462 e. The zero-order valence-corrected chi connectivity index (χ0v) is 16.2. The molecular formula is C22H22N4O3. The molecule has 7 heteroatoms. The fourth-order valence-corrected chi connectivity index (χ4v) is 3.27. The predicted molar refractivity (Wildman–Crippen MR) is 110 cm³/mol. The monoisotopic (exact) mass is 390 g/mol. The lowest BCUT2D eigenvalue weighted by atomic mass is 10.0. The fourth-order valence-electron chi connectivity index (χ4n) is 3.27. The lowest BCUT2D eigenvalue weighted by Crippen LogP contribution is -2.38. The second-order valence-electron chi connectivity index (χ2n) is 6.52. The molecule has 29 heavy (non-hydrogen) atoms. The smallest absolute Gasteiger partial charge is 0.344 e. The molecule has 7 nitrogen and oxygen atoms in total. The van der Waals surface area contributed by atoms with Crippen molar-refractivity contribution in [2.24, 2.45) is 0 Å². The van der Waals surface area contributed by atoms with Crippen molar-refractivity contribution in [2.45, 2.75) is 6.92 Å². The Bertz CT molecular complexity index is 974. The highest BCUT2D eigenvalue weighted by atomic mass is 16.5. The predicted octanol–water partition coefficient (Wildman–Crippen LogP) is 3.22. The van der Waals surface area contributed by atoms with Crippen LogP contribution in [0.15, 0.2) is 54.9 Å². The van der Waals surface area contributed by atoms with E-state index >= 15 is 0 Å². The maximum Gasteiger partial charge on any atom is 0.344 e. The summed E-state index contributed by atoms with van der Waals surface area (Å²) < 4.78 is 10.9. The van der Waals surface area contributed by atoms with E-state index in [1.165, 1.54) is 0 Å². The number of ether oxygens (including phenoxy) is 2. The van der Waals surface area contributed by atoms with E-state index in [0.29, 0.717) is 49.2 Å². The van der Waals surface area contributed by atoms with E-state index in [-0.39, 0.29) is 6.61 Å². The molecular weight excluding hydrogens is 368 g/mol. The molecule has 0 radical (unpaired) electrons. The summed E-state index contributed by atoms with van der Waals surface area (Å²) in [4.78, 5) is 28.8. The van der Waals surface area contributed by atoms with Crippen LogP contribution in [0.1, 0.15) is 17.3 Å². The van der Waals surface area contributed by atoms with Crippen LogP contribution in [-0.2, 0) is 9.47 Å². The number of morpholine rings is 1. The van der Waals surface area contributed by atoms with E-state index in [9.17, 15) is 4.79 Å². The number of pyridine rings is 1. The van der Waals surface area contributed by atoms with Gasteiger partial charge in [-0.05, 0) is 19.1 Å². The fraction of sp³-hybridized carbons (Fsp3) is 0.273. The average Bonchev–Trinajstić information content (AvgIpc) is 2.80. The molecule has 1 aliphatic heterocycles. The SMILES string of the molecule is CCOC(=O)c1c(-c2ccccc2)nc(-c2cccnc2)nc1N1CCOCC1. The maximum atomic E-state index is 13.0. The molecule has 1 saturated heterocycles. The van der Waals surface area contributed by atoms with E-state index in [1.54, 1.807) is 19.3 Å². The van der Waals surface area contributed by atoms with Gasteiger partial charge < -0.3 is 14.4 Å². The zero-order valence-electron chi connectivity index (χ0n) is 16.2. The molecule has 0 amide bonds. The first kappa shape index (κ1) is 19.0. The van der Waals surface area contributed by atoms with E-state index in [1.807, 2.05) is 42.5 Å². The Morgan fingerprint density at radius 2 is 1.83 bits per heavy atom. The summed E-state index contributed by atoms with van der Waals surface area (Å²) in [6, 6.07) is 13.4. The Hall–Kier alpha value is -3.32. The summed E-state index contributed by atoms with van der Waals surface area (Å²) in [6.07, 6.45) is 3.43. The Morgan fingerprint density at radius 3 is 2.52 bits per heavy atom. The van der Waals surface area contributed by atoms with E-state index < -0.39 is 5.97 Å². The normalized spacial score (nSPS) is 13.9. The minimum absolute atomic E-state index is 0.278. The van der Waals surface area contributed by atoms with Gasteiger partial charge in [0.25, 0.3) is 0 Å². The number of carbonyl (C=O) groups is 1. The summed E-state index contributed by atoms with van der Waals surface area (Å²) in [5.41, 5.74) is 2.55. The van der Waals surface area contributed by atoms with E-state index in [4.69, 9.17) is 19.4 Å². The first-order chi connectivity index (χ1) is 14.3. The van der Waals surface area contributed by atoms with Crippen molar-refractivity contribution in [1.82, 2.24) is 15.0 Å². The quantitative estimate of drug-likeness (QED) is 0.619. The Labute approximate surface area is 169 Å². The first-order valence-electron chi connectivity index (χ1n) is 9.65. The molecule has 148 valence electrons. The third-order valence-electron chi connectivity index (χ3n) is 4.65. The second kappa shape index (κ2) is 8.79. The molecule has 0 bridgehead atoms. The number of esters is 1. The molecule has 3 heterocycles. The summed E-state index contributed by atoms with van der Waals surface area (Å²) in [7, 11) is 0. The van der Waals surface area contributed by atoms with Gasteiger partial charge >= 0.3 is 5.97 Å². The molecule has 0 atom stereocenters. The molecule has 0 unspecified atom stereocenters. The van der Waals surface area contributed by atoms with Gasteiger partial charge in [-0.15, -0.1) is 0 Å². The Balaban J connectivity index is 1.96. The Morgan fingerprint density at radius 1 is 1.07 bits per heavy atom. The molecule has 0 spiro atoms. The van der Waals surface area contributed by atoms with Gasteiger partial charge in [0.05, 0.1) is 25.5 Å². The molecule has 1 aliphatic rings. The molecule has 1 fully saturated rings. The number of carbonyl (C=O) groups excluding carboxylic acids is 1. The molecule has 3 aromatic rings. The summed E-state index contributed by atoms with van der Waals surface area (Å²) >= 11 is 0. The van der Waals surface area contributed by atoms with Crippen molar-refractivity contribution in [3.63, 3.8) is 0 Å². The van der Waals surface area contributed by atoms with Gasteiger partial charge in [-0.25, -0.2) is 14.8 Å². The lowest BCUT2D eigenvalue weighted by Gasteiger charge is -2.30. The third-order valence-corrected chi connectivity index (χ3v) is 4.65. The second-order valence-corrected chi connectivity index (χ2v) is 6.52. The van der Waals surface area contributed by atoms with Crippen LogP contribution in [0.2, 0.25) is 0 Å². The number of rotatable bonds is 5. The summed E-state index contributed by atoms with van der Waals surface area (Å²) in [5, 5.41) is 0. The van der Waals surface area contributed by atoms with Gasteiger partial charge in [0.1, 0.15) is 11.4 Å². The van der Waals surface area contributed by atoms with Crippen LogP contribution < -0.4 is 4.90 Å². The molecule has 0 N–H and O–H groups in total. The van der Waals surface area contributed by atoms with Crippen molar-refractivity contribution in [3.05, 3.63) is 60.4 Å². The highest BCUT2D eigenvalue weighted by Gasteiger charge is 2.28. The number of hydrogen-bond donors (Lipinski definition) is 0.